The summed E-state index contributed by atoms with van der Waals surface area (Å²) in [6.45, 7) is 2.33. The third kappa shape index (κ3) is 3.65. The Morgan fingerprint density at radius 2 is 2.04 bits per heavy atom. The first-order valence-electron chi connectivity index (χ1n) is 8.13. The van der Waals surface area contributed by atoms with Crippen molar-refractivity contribution in [3.05, 3.63) is 58.9 Å². The average molecular weight is 342 g/mol. The van der Waals surface area contributed by atoms with Gasteiger partial charge < -0.3 is 10.6 Å². The van der Waals surface area contributed by atoms with Gasteiger partial charge in [0.1, 0.15) is 5.82 Å². The summed E-state index contributed by atoms with van der Waals surface area (Å²) in [6.07, 6.45) is 3.25. The first kappa shape index (κ1) is 17.0. The number of carbonyl (C=O) groups excluding carboxylic acids is 2. The lowest BCUT2D eigenvalue weighted by molar-refractivity contribution is -0.131. The van der Waals surface area contributed by atoms with Crippen LogP contribution in [0.25, 0.3) is 0 Å². The van der Waals surface area contributed by atoms with E-state index in [-0.39, 0.29) is 29.8 Å². The van der Waals surface area contributed by atoms with E-state index in [0.29, 0.717) is 18.1 Å². The molecule has 1 aliphatic rings. The number of hydrogen-bond acceptors (Lipinski definition) is 4. The van der Waals surface area contributed by atoms with Crippen LogP contribution in [0.3, 0.4) is 0 Å². The molecule has 0 radical (unpaired) electrons. The van der Waals surface area contributed by atoms with Gasteiger partial charge in [0.15, 0.2) is 5.82 Å². The fourth-order valence-corrected chi connectivity index (χ4v) is 3.10. The molecule has 2 aromatic rings. The van der Waals surface area contributed by atoms with Gasteiger partial charge in [-0.3, -0.25) is 9.59 Å². The Morgan fingerprint density at radius 1 is 1.32 bits per heavy atom. The number of hydrogen-bond donors (Lipinski definition) is 1. The second-order valence-corrected chi connectivity index (χ2v) is 6.14. The quantitative estimate of drug-likeness (QED) is 0.919. The van der Waals surface area contributed by atoms with Crippen LogP contribution < -0.4 is 5.73 Å². The van der Waals surface area contributed by atoms with Crippen molar-refractivity contribution in [3.63, 3.8) is 0 Å². The number of rotatable bonds is 4. The molecule has 0 aliphatic carbocycles. The number of aryl methyl sites for hydroxylation is 1. The van der Waals surface area contributed by atoms with Crippen LogP contribution in [0.4, 0.5) is 4.39 Å². The van der Waals surface area contributed by atoms with Gasteiger partial charge in [-0.2, -0.15) is 0 Å². The molecule has 2 N–H and O–H groups in total. The van der Waals surface area contributed by atoms with E-state index >= 15 is 0 Å². The molecule has 25 heavy (non-hydrogen) atoms. The van der Waals surface area contributed by atoms with Crippen LogP contribution in [0, 0.1) is 12.7 Å². The number of carbonyl (C=O) groups is 2. The van der Waals surface area contributed by atoms with Gasteiger partial charge in [-0.25, -0.2) is 14.4 Å². The summed E-state index contributed by atoms with van der Waals surface area (Å²) in [5.74, 6) is -0.421. The highest BCUT2D eigenvalue weighted by Crippen LogP contribution is 2.30. The molecule has 0 bridgehead atoms. The fourth-order valence-electron chi connectivity index (χ4n) is 3.10. The lowest BCUT2D eigenvalue weighted by Gasteiger charge is -2.24. The van der Waals surface area contributed by atoms with Crippen molar-refractivity contribution < 1.29 is 14.0 Å². The van der Waals surface area contributed by atoms with Crippen LogP contribution in [0.15, 0.2) is 30.5 Å². The van der Waals surface area contributed by atoms with Crippen molar-refractivity contribution in [1.29, 1.82) is 0 Å². The lowest BCUT2D eigenvalue weighted by Crippen LogP contribution is -2.33. The van der Waals surface area contributed by atoms with Crippen LogP contribution in [-0.4, -0.2) is 33.2 Å². The maximum Gasteiger partial charge on any atom is 0.252 e. The first-order valence-corrected chi connectivity index (χ1v) is 8.13. The second kappa shape index (κ2) is 6.96. The van der Waals surface area contributed by atoms with Crippen LogP contribution in [0.5, 0.6) is 0 Å². The molecule has 130 valence electrons. The largest absolute Gasteiger partial charge is 0.365 e. The molecular formula is C18H19FN4O2. The summed E-state index contributed by atoms with van der Waals surface area (Å²) in [5, 5.41) is 0. The Kier molecular flexibility index (Phi) is 4.74. The van der Waals surface area contributed by atoms with E-state index in [0.717, 1.165) is 18.4 Å². The molecule has 6 nitrogen and oxygen atoms in total. The van der Waals surface area contributed by atoms with Crippen molar-refractivity contribution in [1.82, 2.24) is 14.9 Å². The minimum absolute atomic E-state index is 0.0469. The van der Waals surface area contributed by atoms with Crippen molar-refractivity contribution in [3.8, 4) is 0 Å². The molecule has 1 fully saturated rings. The number of nitrogens with two attached hydrogens (primary N) is 1. The van der Waals surface area contributed by atoms with Gasteiger partial charge in [-0.05, 0) is 37.5 Å². The van der Waals surface area contributed by atoms with E-state index in [1.165, 1.54) is 18.3 Å². The predicted octanol–water partition coefficient (Wildman–Crippen LogP) is 1.93. The normalized spacial score (nSPS) is 16.9. The van der Waals surface area contributed by atoms with Gasteiger partial charge in [0.25, 0.3) is 5.91 Å². The van der Waals surface area contributed by atoms with Gasteiger partial charge in [-0.1, -0.05) is 12.1 Å². The minimum atomic E-state index is -0.570. The SMILES string of the molecule is Cc1nc([C@H]2CCCN2C(=O)Cc2ccc(F)cc2)ncc1C(N)=O. The Balaban J connectivity index is 1.78. The van der Waals surface area contributed by atoms with Gasteiger partial charge in [0.2, 0.25) is 5.91 Å². The minimum Gasteiger partial charge on any atom is -0.365 e. The van der Waals surface area contributed by atoms with Crippen molar-refractivity contribution >= 4 is 11.8 Å². The number of amides is 2. The molecule has 1 aromatic carbocycles. The molecule has 2 amide bonds. The monoisotopic (exact) mass is 342 g/mol. The average Bonchev–Trinajstić information content (AvgIpc) is 3.06. The van der Waals surface area contributed by atoms with E-state index in [4.69, 9.17) is 5.73 Å². The van der Waals surface area contributed by atoms with Crippen molar-refractivity contribution in [2.45, 2.75) is 32.2 Å². The maximum absolute atomic E-state index is 13.0. The van der Waals surface area contributed by atoms with Gasteiger partial charge in [0.05, 0.1) is 23.7 Å². The first-order chi connectivity index (χ1) is 12.0. The maximum atomic E-state index is 13.0. The fraction of sp³-hybridized carbons (Fsp3) is 0.333. The highest BCUT2D eigenvalue weighted by Gasteiger charge is 2.32. The van der Waals surface area contributed by atoms with E-state index in [9.17, 15) is 14.0 Å². The molecular weight excluding hydrogens is 323 g/mol. The van der Waals surface area contributed by atoms with Crippen molar-refractivity contribution in [2.24, 2.45) is 5.73 Å². The summed E-state index contributed by atoms with van der Waals surface area (Å²) in [5.41, 5.74) is 6.84. The molecule has 0 unspecified atom stereocenters. The van der Waals surface area contributed by atoms with Gasteiger partial charge in [-0.15, -0.1) is 0 Å². The number of halogens is 1. The highest BCUT2D eigenvalue weighted by atomic mass is 19.1. The smallest absolute Gasteiger partial charge is 0.252 e. The lowest BCUT2D eigenvalue weighted by atomic mass is 10.1. The van der Waals surface area contributed by atoms with Crippen molar-refractivity contribution in [2.75, 3.05) is 6.54 Å². The molecule has 3 rings (SSSR count). The van der Waals surface area contributed by atoms with Crippen LogP contribution in [0.1, 0.15) is 46.3 Å². The second-order valence-electron chi connectivity index (χ2n) is 6.14. The molecule has 1 aromatic heterocycles. The number of benzene rings is 1. The zero-order chi connectivity index (χ0) is 18.0. The predicted molar refractivity (Wildman–Crippen MR) is 89.1 cm³/mol. The van der Waals surface area contributed by atoms with Gasteiger partial charge >= 0.3 is 0 Å². The Morgan fingerprint density at radius 3 is 2.68 bits per heavy atom. The molecule has 1 aliphatic heterocycles. The third-order valence-corrected chi connectivity index (χ3v) is 4.40. The summed E-state index contributed by atoms with van der Waals surface area (Å²) in [6, 6.07) is 5.70. The van der Waals surface area contributed by atoms with E-state index < -0.39 is 5.91 Å². The number of nitrogens with zero attached hydrogens (tertiary/aromatic N) is 3. The molecule has 7 heteroatoms. The molecule has 1 saturated heterocycles. The molecule has 0 saturated carbocycles. The Labute approximate surface area is 144 Å². The zero-order valence-corrected chi connectivity index (χ0v) is 13.9. The number of primary amides is 1. The van der Waals surface area contributed by atoms with Gasteiger partial charge in [0, 0.05) is 12.7 Å². The van der Waals surface area contributed by atoms with E-state index in [2.05, 4.69) is 9.97 Å². The summed E-state index contributed by atoms with van der Waals surface area (Å²) >= 11 is 0. The standard InChI is InChI=1S/C18H19FN4O2/c1-11-14(17(20)25)10-21-18(22-11)15-3-2-8-23(15)16(24)9-12-4-6-13(19)7-5-12/h4-7,10,15H,2-3,8-9H2,1H3,(H2,20,25)/t15-/m1/s1. The summed E-state index contributed by atoms with van der Waals surface area (Å²) in [7, 11) is 0. The Hall–Kier alpha value is -2.83. The van der Waals surface area contributed by atoms with Crippen LogP contribution in [-0.2, 0) is 11.2 Å². The van der Waals surface area contributed by atoms with E-state index in [1.807, 2.05) is 0 Å². The third-order valence-electron chi connectivity index (χ3n) is 4.40. The highest BCUT2D eigenvalue weighted by molar-refractivity contribution is 5.93. The number of aromatic nitrogens is 2. The van der Waals surface area contributed by atoms with Crippen LogP contribution in [0.2, 0.25) is 0 Å². The molecule has 2 heterocycles. The number of likely N-dealkylation sites (tertiary alicyclic amines) is 1. The molecule has 1 atom stereocenters. The molecule has 0 spiro atoms. The summed E-state index contributed by atoms with van der Waals surface area (Å²) < 4.78 is 13.0. The Bertz CT molecular complexity index is 807. The van der Waals surface area contributed by atoms with E-state index in [1.54, 1.807) is 24.0 Å². The summed E-state index contributed by atoms with van der Waals surface area (Å²) in [4.78, 5) is 34.3. The topological polar surface area (TPSA) is 89.2 Å². The van der Waals surface area contributed by atoms with Crippen LogP contribution >= 0.6 is 0 Å². The zero-order valence-electron chi connectivity index (χ0n) is 13.9.